The molecule has 2 aromatic carbocycles. The van der Waals surface area contributed by atoms with Crippen LogP contribution < -0.4 is 10.2 Å². The van der Waals surface area contributed by atoms with E-state index >= 15 is 0 Å². The third-order valence-electron chi connectivity index (χ3n) is 2.65. The van der Waals surface area contributed by atoms with Crippen LogP contribution in [0.3, 0.4) is 0 Å². The molecule has 1 heterocycles. The van der Waals surface area contributed by atoms with E-state index in [9.17, 15) is 4.79 Å². The Bertz CT molecular complexity index is 719. The summed E-state index contributed by atoms with van der Waals surface area (Å²) in [6.45, 7) is 0. The minimum Gasteiger partial charge on any atom is -0.324 e. The third kappa shape index (κ3) is 2.41. The number of nitrogens with zero attached hydrogens (tertiary/aromatic N) is 2. The van der Waals surface area contributed by atoms with Crippen molar-refractivity contribution in [3.8, 4) is 5.69 Å². The first-order valence-corrected chi connectivity index (χ1v) is 6.58. The van der Waals surface area contributed by atoms with Crippen LogP contribution in [0.2, 0.25) is 0 Å². The van der Waals surface area contributed by atoms with Gasteiger partial charge in [0.05, 0.1) is 5.69 Å². The third-order valence-corrected chi connectivity index (χ3v) is 3.25. The number of hydrogen-bond acceptors (Lipinski definition) is 4. The molecule has 0 fully saturated rings. The molecule has 0 radical (unpaired) electrons. The van der Waals surface area contributed by atoms with Crippen molar-refractivity contribution >= 4 is 23.2 Å². The van der Waals surface area contributed by atoms with Gasteiger partial charge >= 0.3 is 4.87 Å². The Kier molecular flexibility index (Phi) is 3.12. The molecular formula is C14H11N3OS. The first-order chi connectivity index (χ1) is 9.34. The molecule has 0 aliphatic carbocycles. The van der Waals surface area contributed by atoms with Crippen LogP contribution in [0.25, 0.3) is 5.69 Å². The van der Waals surface area contributed by atoms with Crippen molar-refractivity contribution in [1.29, 1.82) is 0 Å². The van der Waals surface area contributed by atoms with Crippen LogP contribution in [-0.2, 0) is 0 Å². The summed E-state index contributed by atoms with van der Waals surface area (Å²) in [4.78, 5) is 11.8. The molecule has 4 nitrogen and oxygen atoms in total. The molecule has 1 aromatic heterocycles. The quantitative estimate of drug-likeness (QED) is 0.795. The molecule has 0 saturated heterocycles. The van der Waals surface area contributed by atoms with E-state index in [1.807, 2.05) is 60.7 Å². The Balaban J connectivity index is 2.03. The summed E-state index contributed by atoms with van der Waals surface area (Å²) in [7, 11) is 0. The van der Waals surface area contributed by atoms with E-state index in [2.05, 4.69) is 9.69 Å². The van der Waals surface area contributed by atoms with Gasteiger partial charge < -0.3 is 5.32 Å². The van der Waals surface area contributed by atoms with Crippen molar-refractivity contribution in [2.45, 2.75) is 0 Å². The molecule has 0 atom stereocenters. The summed E-state index contributed by atoms with van der Waals surface area (Å²) < 4.78 is 5.74. The average molecular weight is 269 g/mol. The molecule has 3 rings (SSSR count). The zero-order valence-electron chi connectivity index (χ0n) is 9.98. The van der Waals surface area contributed by atoms with Crippen molar-refractivity contribution in [3.05, 3.63) is 70.3 Å². The fourth-order valence-corrected chi connectivity index (χ4v) is 2.35. The van der Waals surface area contributed by atoms with Crippen molar-refractivity contribution in [2.24, 2.45) is 0 Å². The molecule has 0 bridgehead atoms. The highest BCUT2D eigenvalue weighted by Crippen LogP contribution is 2.17. The van der Waals surface area contributed by atoms with Gasteiger partial charge in [-0.05, 0) is 24.3 Å². The zero-order chi connectivity index (χ0) is 13.1. The maximum absolute atomic E-state index is 11.9. The van der Waals surface area contributed by atoms with Gasteiger partial charge in [-0.15, -0.1) is 0 Å². The second kappa shape index (κ2) is 5.07. The van der Waals surface area contributed by atoms with Gasteiger partial charge in [-0.2, -0.15) is 4.37 Å². The van der Waals surface area contributed by atoms with Gasteiger partial charge in [0.25, 0.3) is 0 Å². The lowest BCUT2D eigenvalue weighted by molar-refractivity contribution is 1.03. The Labute approximate surface area is 114 Å². The first kappa shape index (κ1) is 11.7. The second-order valence-electron chi connectivity index (χ2n) is 3.93. The maximum Gasteiger partial charge on any atom is 0.332 e. The number of benzene rings is 2. The van der Waals surface area contributed by atoms with E-state index < -0.39 is 0 Å². The molecule has 3 aromatic rings. The van der Waals surface area contributed by atoms with Crippen LogP contribution in [-0.4, -0.2) is 8.94 Å². The SMILES string of the molecule is O=c1snc(Nc2ccccc2)n1-c1ccccc1. The second-order valence-corrected chi connectivity index (χ2v) is 4.65. The van der Waals surface area contributed by atoms with Gasteiger partial charge in [0.1, 0.15) is 0 Å². The molecular weight excluding hydrogens is 258 g/mol. The van der Waals surface area contributed by atoms with Gasteiger partial charge in [0, 0.05) is 17.2 Å². The maximum atomic E-state index is 11.9. The van der Waals surface area contributed by atoms with E-state index in [4.69, 9.17) is 0 Å². The van der Waals surface area contributed by atoms with Gasteiger partial charge in [-0.25, -0.2) is 4.57 Å². The lowest BCUT2D eigenvalue weighted by atomic mass is 10.3. The number of aromatic nitrogens is 2. The van der Waals surface area contributed by atoms with E-state index in [1.54, 1.807) is 4.57 Å². The monoisotopic (exact) mass is 269 g/mol. The Morgan fingerprint density at radius 1 is 0.947 bits per heavy atom. The van der Waals surface area contributed by atoms with Crippen LogP contribution in [0.5, 0.6) is 0 Å². The summed E-state index contributed by atoms with van der Waals surface area (Å²) in [5.41, 5.74) is 1.71. The fourth-order valence-electron chi connectivity index (χ4n) is 1.78. The number of anilines is 2. The topological polar surface area (TPSA) is 46.9 Å². The number of nitrogens with one attached hydrogen (secondary N) is 1. The van der Waals surface area contributed by atoms with Gasteiger partial charge in [0.2, 0.25) is 5.95 Å². The van der Waals surface area contributed by atoms with E-state index in [-0.39, 0.29) is 4.87 Å². The van der Waals surface area contributed by atoms with Crippen LogP contribution in [0.1, 0.15) is 0 Å². The molecule has 5 heteroatoms. The molecule has 0 unspecified atom stereocenters. The summed E-state index contributed by atoms with van der Waals surface area (Å²) in [6.07, 6.45) is 0. The van der Waals surface area contributed by atoms with Crippen molar-refractivity contribution < 1.29 is 0 Å². The van der Waals surface area contributed by atoms with Gasteiger partial charge in [-0.1, -0.05) is 36.4 Å². The predicted octanol–water partition coefficient (Wildman–Crippen LogP) is 3.04. The number of para-hydroxylation sites is 2. The van der Waals surface area contributed by atoms with Gasteiger partial charge in [0.15, 0.2) is 0 Å². The largest absolute Gasteiger partial charge is 0.332 e. The van der Waals surface area contributed by atoms with Crippen molar-refractivity contribution in [3.63, 3.8) is 0 Å². The summed E-state index contributed by atoms with van der Waals surface area (Å²) in [5.74, 6) is 0.535. The lowest BCUT2D eigenvalue weighted by Gasteiger charge is -2.07. The molecule has 0 aliphatic rings. The Morgan fingerprint density at radius 2 is 1.58 bits per heavy atom. The Hall–Kier alpha value is -2.40. The highest BCUT2D eigenvalue weighted by molar-refractivity contribution is 7.03. The molecule has 94 valence electrons. The Morgan fingerprint density at radius 3 is 2.26 bits per heavy atom. The van der Waals surface area contributed by atoms with E-state index in [0.29, 0.717) is 5.95 Å². The van der Waals surface area contributed by atoms with Gasteiger partial charge in [-0.3, -0.25) is 4.79 Å². The lowest BCUT2D eigenvalue weighted by Crippen LogP contribution is -2.13. The highest BCUT2D eigenvalue weighted by Gasteiger charge is 2.10. The minimum absolute atomic E-state index is 0.107. The van der Waals surface area contributed by atoms with Crippen LogP contribution in [0.4, 0.5) is 11.6 Å². The minimum atomic E-state index is -0.107. The first-order valence-electron chi connectivity index (χ1n) is 5.81. The summed E-state index contributed by atoms with van der Waals surface area (Å²) >= 11 is 0.940. The average Bonchev–Trinajstić information content (AvgIpc) is 2.82. The summed E-state index contributed by atoms with van der Waals surface area (Å²) in [6, 6.07) is 19.1. The zero-order valence-corrected chi connectivity index (χ0v) is 10.8. The van der Waals surface area contributed by atoms with Crippen molar-refractivity contribution in [1.82, 2.24) is 8.94 Å². The highest BCUT2D eigenvalue weighted by atomic mass is 32.1. The van der Waals surface area contributed by atoms with E-state index in [0.717, 1.165) is 22.9 Å². The van der Waals surface area contributed by atoms with Crippen molar-refractivity contribution in [2.75, 3.05) is 5.32 Å². The molecule has 0 aliphatic heterocycles. The normalized spacial score (nSPS) is 10.3. The van der Waals surface area contributed by atoms with E-state index in [1.165, 1.54) is 0 Å². The van der Waals surface area contributed by atoms with Crippen LogP contribution >= 0.6 is 11.5 Å². The molecule has 0 saturated carbocycles. The smallest absolute Gasteiger partial charge is 0.324 e. The fraction of sp³-hybridized carbons (Fsp3) is 0. The molecule has 1 N–H and O–H groups in total. The number of hydrogen-bond donors (Lipinski definition) is 1. The predicted molar refractivity (Wildman–Crippen MR) is 77.4 cm³/mol. The molecule has 0 amide bonds. The van der Waals surface area contributed by atoms with Crippen LogP contribution in [0.15, 0.2) is 65.5 Å². The molecule has 19 heavy (non-hydrogen) atoms. The number of rotatable bonds is 3. The molecule has 0 spiro atoms. The summed E-state index contributed by atoms with van der Waals surface area (Å²) in [5, 5.41) is 3.15. The standard InChI is InChI=1S/C14H11N3OS/c18-14-17(12-9-5-2-6-10-12)13(16-19-14)15-11-7-3-1-4-8-11/h1-10H,(H,15,16). The van der Waals surface area contributed by atoms with Crippen LogP contribution in [0, 0.1) is 0 Å².